The van der Waals surface area contributed by atoms with Gasteiger partial charge in [0.15, 0.2) is 0 Å². The number of urea groups is 1. The van der Waals surface area contributed by atoms with E-state index in [-0.39, 0.29) is 18.0 Å². The van der Waals surface area contributed by atoms with Crippen molar-refractivity contribution in [3.05, 3.63) is 88.2 Å². The predicted octanol–water partition coefficient (Wildman–Crippen LogP) is 6.07. The molecule has 0 aliphatic carbocycles. The molecule has 9 heteroatoms. The lowest BCUT2D eigenvalue weighted by atomic mass is 10.00. The smallest absolute Gasteiger partial charge is 0.322 e. The summed E-state index contributed by atoms with van der Waals surface area (Å²) in [6, 6.07) is 19.5. The number of aromatic nitrogens is 1. The molecule has 2 N–H and O–H groups in total. The van der Waals surface area contributed by atoms with Gasteiger partial charge in [-0.3, -0.25) is 4.79 Å². The highest BCUT2D eigenvalue weighted by atomic mass is 35.5. The van der Waals surface area contributed by atoms with Crippen molar-refractivity contribution < 1.29 is 14.3 Å². The van der Waals surface area contributed by atoms with Crippen LogP contribution in [0.4, 0.5) is 10.5 Å². The lowest BCUT2D eigenvalue weighted by Crippen LogP contribution is -2.50. The second-order valence-corrected chi connectivity index (χ2v) is 11.0. The van der Waals surface area contributed by atoms with E-state index in [0.717, 1.165) is 54.9 Å². The number of rotatable bonds is 10. The second kappa shape index (κ2) is 14.3. The van der Waals surface area contributed by atoms with E-state index in [1.165, 1.54) is 0 Å². The molecule has 0 radical (unpaired) electrons. The molecular formula is C32H40ClN5O3. The van der Waals surface area contributed by atoms with Crippen molar-refractivity contribution in [1.29, 1.82) is 0 Å². The lowest BCUT2D eigenvalue weighted by molar-refractivity contribution is 0.0918. The molecule has 0 spiro atoms. The van der Waals surface area contributed by atoms with Crippen LogP contribution in [0.1, 0.15) is 53.4 Å². The van der Waals surface area contributed by atoms with Gasteiger partial charge in [0.25, 0.3) is 5.91 Å². The van der Waals surface area contributed by atoms with Crippen LogP contribution in [0.3, 0.4) is 0 Å². The number of benzene rings is 2. The maximum Gasteiger partial charge on any atom is 0.322 e. The Morgan fingerprint density at radius 1 is 1.10 bits per heavy atom. The van der Waals surface area contributed by atoms with E-state index in [1.807, 2.05) is 54.3 Å². The molecule has 3 aromatic rings. The van der Waals surface area contributed by atoms with E-state index in [9.17, 15) is 9.59 Å². The highest BCUT2D eigenvalue weighted by Gasteiger charge is 2.30. The molecule has 0 bridgehead atoms. The first-order valence-corrected chi connectivity index (χ1v) is 14.5. The number of carbonyl (C=O) groups is 2. The average Bonchev–Trinajstić information content (AvgIpc) is 2.96. The highest BCUT2D eigenvalue weighted by molar-refractivity contribution is 6.29. The SMILES string of the molecule is COc1ccc(NC(=O)N(Cc2ccccc2)C2CCN(C(C)CCNC(=O)c3c(C)cc(Cl)nc3C)CC2)cc1. The summed E-state index contributed by atoms with van der Waals surface area (Å²) >= 11 is 6.02. The number of hydrogen-bond donors (Lipinski definition) is 2. The number of piperidine rings is 1. The van der Waals surface area contributed by atoms with Crippen molar-refractivity contribution in [1.82, 2.24) is 20.1 Å². The van der Waals surface area contributed by atoms with E-state index >= 15 is 0 Å². The zero-order valence-electron chi connectivity index (χ0n) is 24.3. The van der Waals surface area contributed by atoms with Crippen LogP contribution in [-0.2, 0) is 6.54 Å². The second-order valence-electron chi connectivity index (χ2n) is 10.7. The van der Waals surface area contributed by atoms with E-state index < -0.39 is 0 Å². The number of amides is 3. The van der Waals surface area contributed by atoms with Gasteiger partial charge in [-0.05, 0) is 81.5 Å². The van der Waals surface area contributed by atoms with Gasteiger partial charge in [-0.2, -0.15) is 0 Å². The third-order valence-electron chi connectivity index (χ3n) is 7.80. The number of ether oxygens (including phenoxy) is 1. The molecule has 1 aliphatic rings. The minimum atomic E-state index is -0.116. The van der Waals surface area contributed by atoms with Gasteiger partial charge in [0.1, 0.15) is 10.9 Å². The molecule has 2 heterocycles. The zero-order valence-corrected chi connectivity index (χ0v) is 25.1. The standard InChI is InChI=1S/C32H40ClN5O3/c1-22-20-29(33)35-24(3)30(22)31(39)34-17-14-23(2)37-18-15-27(16-19-37)38(21-25-8-6-5-7-9-25)32(40)36-26-10-12-28(41-4)13-11-26/h5-13,20,23,27H,14-19,21H2,1-4H3,(H,34,39)(H,36,40). The Morgan fingerprint density at radius 3 is 2.41 bits per heavy atom. The maximum atomic E-state index is 13.5. The summed E-state index contributed by atoms with van der Waals surface area (Å²) < 4.78 is 5.24. The van der Waals surface area contributed by atoms with Crippen LogP contribution in [0.15, 0.2) is 60.7 Å². The Labute approximate surface area is 248 Å². The number of nitrogens with zero attached hydrogens (tertiary/aromatic N) is 3. The van der Waals surface area contributed by atoms with Crippen molar-refractivity contribution in [2.45, 2.75) is 58.7 Å². The lowest BCUT2D eigenvalue weighted by Gasteiger charge is -2.40. The van der Waals surface area contributed by atoms with Crippen LogP contribution >= 0.6 is 11.6 Å². The van der Waals surface area contributed by atoms with Gasteiger partial charge in [0.05, 0.1) is 18.4 Å². The summed E-state index contributed by atoms with van der Waals surface area (Å²) in [6.07, 6.45) is 2.60. The molecular weight excluding hydrogens is 538 g/mol. The zero-order chi connectivity index (χ0) is 29.4. The molecule has 41 heavy (non-hydrogen) atoms. The van der Waals surface area contributed by atoms with E-state index in [2.05, 4.69) is 39.6 Å². The Morgan fingerprint density at radius 2 is 1.78 bits per heavy atom. The van der Waals surface area contributed by atoms with Gasteiger partial charge in [-0.25, -0.2) is 9.78 Å². The number of nitrogens with one attached hydrogen (secondary N) is 2. The van der Waals surface area contributed by atoms with Gasteiger partial charge < -0.3 is 25.2 Å². The van der Waals surface area contributed by atoms with Crippen LogP contribution < -0.4 is 15.4 Å². The molecule has 3 amide bonds. The van der Waals surface area contributed by atoms with Crippen LogP contribution in [0.5, 0.6) is 5.75 Å². The molecule has 1 aliphatic heterocycles. The fraction of sp³-hybridized carbons (Fsp3) is 0.406. The third kappa shape index (κ3) is 8.21. The topological polar surface area (TPSA) is 86.8 Å². The molecule has 0 saturated carbocycles. The van der Waals surface area contributed by atoms with Gasteiger partial charge in [-0.1, -0.05) is 41.9 Å². The summed E-state index contributed by atoms with van der Waals surface area (Å²) in [4.78, 5) is 34.9. The number of likely N-dealkylation sites (tertiary alicyclic amines) is 1. The van der Waals surface area contributed by atoms with Gasteiger partial charge in [0, 0.05) is 44.0 Å². The number of pyridine rings is 1. The normalized spacial score (nSPS) is 14.8. The van der Waals surface area contributed by atoms with Crippen molar-refractivity contribution in [3.63, 3.8) is 0 Å². The molecule has 1 fully saturated rings. The molecule has 218 valence electrons. The first-order chi connectivity index (χ1) is 19.7. The van der Waals surface area contributed by atoms with E-state index in [0.29, 0.717) is 35.5 Å². The largest absolute Gasteiger partial charge is 0.497 e. The first kappa shape index (κ1) is 30.3. The maximum absolute atomic E-state index is 13.5. The predicted molar refractivity (Wildman–Crippen MR) is 164 cm³/mol. The van der Waals surface area contributed by atoms with Crippen LogP contribution in [0.2, 0.25) is 5.15 Å². The Hall–Kier alpha value is -3.62. The molecule has 1 saturated heterocycles. The van der Waals surface area contributed by atoms with Crippen molar-refractivity contribution in [2.24, 2.45) is 0 Å². The molecule has 1 unspecified atom stereocenters. The fourth-order valence-electron chi connectivity index (χ4n) is 5.45. The third-order valence-corrected chi connectivity index (χ3v) is 8.00. The number of aryl methyl sites for hydroxylation is 2. The molecule has 1 atom stereocenters. The van der Waals surface area contributed by atoms with Crippen LogP contribution in [-0.4, -0.2) is 65.5 Å². The minimum absolute atomic E-state index is 0.101. The highest BCUT2D eigenvalue weighted by Crippen LogP contribution is 2.23. The van der Waals surface area contributed by atoms with Gasteiger partial charge in [-0.15, -0.1) is 0 Å². The quantitative estimate of drug-likeness (QED) is 0.286. The molecule has 4 rings (SSSR count). The Bertz CT molecular complexity index is 1290. The van der Waals surface area contributed by atoms with Crippen molar-refractivity contribution in [2.75, 3.05) is 32.1 Å². The summed E-state index contributed by atoms with van der Waals surface area (Å²) in [7, 11) is 1.62. The van der Waals surface area contributed by atoms with Gasteiger partial charge >= 0.3 is 6.03 Å². The summed E-state index contributed by atoms with van der Waals surface area (Å²) in [5.74, 6) is 0.631. The van der Waals surface area contributed by atoms with Crippen LogP contribution in [0, 0.1) is 13.8 Å². The number of halogens is 1. The Balaban J connectivity index is 1.32. The average molecular weight is 578 g/mol. The molecule has 2 aromatic carbocycles. The number of hydrogen-bond acceptors (Lipinski definition) is 5. The molecule has 1 aromatic heterocycles. The monoisotopic (exact) mass is 577 g/mol. The summed E-state index contributed by atoms with van der Waals surface area (Å²) in [6.45, 7) is 8.78. The van der Waals surface area contributed by atoms with Gasteiger partial charge in [0.2, 0.25) is 0 Å². The van der Waals surface area contributed by atoms with E-state index in [1.54, 1.807) is 20.1 Å². The number of anilines is 1. The molecule has 8 nitrogen and oxygen atoms in total. The Kier molecular flexibility index (Phi) is 10.6. The summed E-state index contributed by atoms with van der Waals surface area (Å²) in [5.41, 5.74) is 3.89. The fourth-order valence-corrected chi connectivity index (χ4v) is 5.74. The number of carbonyl (C=O) groups excluding carboxylic acids is 2. The van der Waals surface area contributed by atoms with Crippen LogP contribution in [0.25, 0.3) is 0 Å². The first-order valence-electron chi connectivity index (χ1n) is 14.2. The van der Waals surface area contributed by atoms with Crippen molar-refractivity contribution >= 4 is 29.2 Å². The number of methoxy groups -OCH3 is 1. The summed E-state index contributed by atoms with van der Waals surface area (Å²) in [5, 5.41) is 6.52. The van der Waals surface area contributed by atoms with Crippen molar-refractivity contribution in [3.8, 4) is 5.75 Å². The minimum Gasteiger partial charge on any atom is -0.497 e. The van der Waals surface area contributed by atoms with E-state index in [4.69, 9.17) is 16.3 Å².